The number of esters is 1. The molecule has 152 valence electrons. The van der Waals surface area contributed by atoms with Gasteiger partial charge in [-0.15, -0.1) is 0 Å². The number of ether oxygens (including phenoxy) is 2. The molecule has 0 aliphatic carbocycles. The molecule has 0 saturated heterocycles. The first-order chi connectivity index (χ1) is 14.5. The second-order valence-corrected chi connectivity index (χ2v) is 6.66. The van der Waals surface area contributed by atoms with Gasteiger partial charge in [0.15, 0.2) is 19.0 Å². The molecular weight excluding hydrogens is 406 g/mol. The number of halogens is 1. The fraction of sp³-hybridized carbons (Fsp3) is 0.0870. The van der Waals surface area contributed by atoms with Gasteiger partial charge >= 0.3 is 5.97 Å². The summed E-state index contributed by atoms with van der Waals surface area (Å²) in [6, 6.07) is 21.6. The Labute approximate surface area is 178 Å². The van der Waals surface area contributed by atoms with Gasteiger partial charge in [0.05, 0.1) is 0 Å². The van der Waals surface area contributed by atoms with Gasteiger partial charge in [0.1, 0.15) is 5.75 Å². The van der Waals surface area contributed by atoms with Crippen LogP contribution >= 0.6 is 11.6 Å². The molecule has 1 N–H and O–H groups in total. The molecule has 0 atom stereocenters. The van der Waals surface area contributed by atoms with E-state index >= 15 is 0 Å². The molecule has 30 heavy (non-hydrogen) atoms. The highest BCUT2D eigenvalue weighted by molar-refractivity contribution is 6.30. The second kappa shape index (κ2) is 10.2. The molecule has 0 spiro atoms. The molecule has 0 heterocycles. The summed E-state index contributed by atoms with van der Waals surface area (Å²) < 4.78 is 10.2. The lowest BCUT2D eigenvalue weighted by molar-refractivity contribution is -0.144. The lowest BCUT2D eigenvalue weighted by Crippen LogP contribution is -2.19. The van der Waals surface area contributed by atoms with E-state index < -0.39 is 12.6 Å². The van der Waals surface area contributed by atoms with Gasteiger partial charge in [0, 0.05) is 21.8 Å². The number of amides is 1. The molecule has 3 aromatic carbocycles. The molecule has 0 aromatic heterocycles. The minimum atomic E-state index is -0.662. The second-order valence-electron chi connectivity index (χ2n) is 6.22. The minimum Gasteiger partial charge on any atom is -0.482 e. The van der Waals surface area contributed by atoms with Crippen LogP contribution < -0.4 is 10.1 Å². The first-order valence-electron chi connectivity index (χ1n) is 9.05. The third-order valence-electron chi connectivity index (χ3n) is 4.04. The van der Waals surface area contributed by atoms with E-state index in [0.717, 1.165) is 0 Å². The maximum Gasteiger partial charge on any atom is 0.344 e. The Morgan fingerprint density at radius 2 is 1.43 bits per heavy atom. The maximum atomic E-state index is 12.2. The van der Waals surface area contributed by atoms with Crippen molar-refractivity contribution in [1.82, 2.24) is 0 Å². The van der Waals surface area contributed by atoms with E-state index in [2.05, 4.69) is 5.32 Å². The minimum absolute atomic E-state index is 0.246. The summed E-state index contributed by atoms with van der Waals surface area (Å²) in [5.74, 6) is -0.805. The van der Waals surface area contributed by atoms with Crippen LogP contribution in [0.5, 0.6) is 5.75 Å². The average molecular weight is 424 g/mol. The molecule has 0 unspecified atom stereocenters. The van der Waals surface area contributed by atoms with Gasteiger partial charge in [-0.3, -0.25) is 9.59 Å². The topological polar surface area (TPSA) is 81.7 Å². The number of carbonyl (C=O) groups is 3. The summed E-state index contributed by atoms with van der Waals surface area (Å²) in [5, 5.41) is 3.31. The molecule has 6 nitrogen and oxygen atoms in total. The van der Waals surface area contributed by atoms with Crippen molar-refractivity contribution in [2.24, 2.45) is 0 Å². The van der Waals surface area contributed by atoms with E-state index in [-0.39, 0.29) is 18.3 Å². The highest BCUT2D eigenvalue weighted by Gasteiger charge is 2.12. The first-order valence-corrected chi connectivity index (χ1v) is 9.43. The predicted molar refractivity (Wildman–Crippen MR) is 113 cm³/mol. The molecule has 3 rings (SSSR count). The first kappa shape index (κ1) is 21.1. The van der Waals surface area contributed by atoms with Crippen LogP contribution in [0, 0.1) is 0 Å². The number of rotatable bonds is 8. The Morgan fingerprint density at radius 1 is 0.767 bits per heavy atom. The average Bonchev–Trinajstić information content (AvgIpc) is 2.78. The number of hydrogen-bond acceptors (Lipinski definition) is 5. The van der Waals surface area contributed by atoms with Crippen LogP contribution in [-0.4, -0.2) is 30.9 Å². The number of hydrogen-bond donors (Lipinski definition) is 1. The smallest absolute Gasteiger partial charge is 0.344 e. The SMILES string of the molecule is O=C(COc1ccc(Cl)cc1)OCC(=O)c1ccc(NC(=O)c2ccccc2)cc1. The van der Waals surface area contributed by atoms with Crippen molar-refractivity contribution in [2.75, 3.05) is 18.5 Å². The predicted octanol–water partition coefficient (Wildman–Crippen LogP) is 4.40. The number of nitrogens with one attached hydrogen (secondary N) is 1. The van der Waals surface area contributed by atoms with Crippen LogP contribution in [0.15, 0.2) is 78.9 Å². The Hall–Kier alpha value is -3.64. The number of anilines is 1. The van der Waals surface area contributed by atoms with Crippen LogP contribution in [0.3, 0.4) is 0 Å². The normalized spacial score (nSPS) is 10.2. The van der Waals surface area contributed by atoms with Crippen molar-refractivity contribution in [2.45, 2.75) is 0 Å². The summed E-state index contributed by atoms with van der Waals surface area (Å²) in [6.45, 7) is -0.724. The zero-order valence-electron chi connectivity index (χ0n) is 15.8. The van der Waals surface area contributed by atoms with Crippen LogP contribution in [0.4, 0.5) is 5.69 Å². The van der Waals surface area contributed by atoms with Gasteiger partial charge in [-0.05, 0) is 60.7 Å². The lowest BCUT2D eigenvalue weighted by atomic mass is 10.1. The van der Waals surface area contributed by atoms with E-state index in [1.807, 2.05) is 6.07 Å². The molecule has 1 amide bonds. The van der Waals surface area contributed by atoms with Crippen molar-refractivity contribution in [3.05, 3.63) is 95.0 Å². The largest absolute Gasteiger partial charge is 0.482 e. The van der Waals surface area contributed by atoms with Crippen LogP contribution in [0.1, 0.15) is 20.7 Å². The van der Waals surface area contributed by atoms with E-state index in [0.29, 0.717) is 27.6 Å². The van der Waals surface area contributed by atoms with Crippen molar-refractivity contribution in [1.29, 1.82) is 0 Å². The highest BCUT2D eigenvalue weighted by atomic mass is 35.5. The molecule has 0 radical (unpaired) electrons. The number of ketones is 1. The summed E-state index contributed by atoms with van der Waals surface area (Å²) in [5.41, 5.74) is 1.44. The molecular formula is C23H18ClNO5. The van der Waals surface area contributed by atoms with Crippen molar-refractivity contribution < 1.29 is 23.9 Å². The highest BCUT2D eigenvalue weighted by Crippen LogP contribution is 2.15. The number of carbonyl (C=O) groups excluding carboxylic acids is 3. The Morgan fingerprint density at radius 3 is 2.10 bits per heavy atom. The Balaban J connectivity index is 1.45. The Bertz CT molecular complexity index is 1020. The molecule has 0 bridgehead atoms. The fourth-order valence-corrected chi connectivity index (χ4v) is 2.60. The molecule has 7 heteroatoms. The van der Waals surface area contributed by atoms with E-state index in [1.165, 1.54) is 0 Å². The Kier molecular flexibility index (Phi) is 7.19. The van der Waals surface area contributed by atoms with Crippen molar-refractivity contribution in [3.63, 3.8) is 0 Å². The van der Waals surface area contributed by atoms with Gasteiger partial charge in [0.2, 0.25) is 0 Å². The zero-order chi connectivity index (χ0) is 21.3. The quantitative estimate of drug-likeness (QED) is 0.429. The zero-order valence-corrected chi connectivity index (χ0v) is 16.6. The van der Waals surface area contributed by atoms with E-state index in [1.54, 1.807) is 72.8 Å². The summed E-state index contributed by atoms with van der Waals surface area (Å²) >= 11 is 5.77. The number of benzene rings is 3. The van der Waals surface area contributed by atoms with Crippen molar-refractivity contribution in [3.8, 4) is 5.75 Å². The summed E-state index contributed by atoms with van der Waals surface area (Å²) in [4.78, 5) is 36.1. The van der Waals surface area contributed by atoms with Crippen LogP contribution in [-0.2, 0) is 9.53 Å². The fourth-order valence-electron chi connectivity index (χ4n) is 2.48. The van der Waals surface area contributed by atoms with Gasteiger partial charge in [0.25, 0.3) is 5.91 Å². The molecule has 0 aliphatic rings. The van der Waals surface area contributed by atoms with Crippen molar-refractivity contribution >= 4 is 34.9 Å². The van der Waals surface area contributed by atoms with E-state index in [9.17, 15) is 14.4 Å². The maximum absolute atomic E-state index is 12.2. The van der Waals surface area contributed by atoms with Crippen LogP contribution in [0.25, 0.3) is 0 Å². The molecule has 0 saturated carbocycles. The van der Waals surface area contributed by atoms with Crippen LogP contribution in [0.2, 0.25) is 5.02 Å². The number of Topliss-reactive ketones (excluding diaryl/α,β-unsaturated/α-hetero) is 1. The summed E-state index contributed by atoms with van der Waals surface area (Å²) in [6.07, 6.45) is 0. The van der Waals surface area contributed by atoms with Gasteiger partial charge in [-0.25, -0.2) is 4.79 Å². The van der Waals surface area contributed by atoms with Gasteiger partial charge in [-0.2, -0.15) is 0 Å². The lowest BCUT2D eigenvalue weighted by Gasteiger charge is -2.08. The standard InChI is InChI=1S/C23H18ClNO5/c24-18-8-12-20(13-9-18)29-15-22(27)30-14-21(26)16-6-10-19(11-7-16)25-23(28)17-4-2-1-3-5-17/h1-13H,14-15H2,(H,25,28). The molecule has 0 aliphatic heterocycles. The monoisotopic (exact) mass is 423 g/mol. The van der Waals surface area contributed by atoms with Gasteiger partial charge < -0.3 is 14.8 Å². The van der Waals surface area contributed by atoms with Gasteiger partial charge in [-0.1, -0.05) is 29.8 Å². The molecule has 0 fully saturated rings. The summed E-state index contributed by atoms with van der Waals surface area (Å²) in [7, 11) is 0. The van der Waals surface area contributed by atoms with E-state index in [4.69, 9.17) is 21.1 Å². The third-order valence-corrected chi connectivity index (χ3v) is 4.29. The third kappa shape index (κ3) is 6.18. The molecule has 3 aromatic rings.